The number of carbonyl (C=O) groups is 3. The third-order valence-electron chi connectivity index (χ3n) is 5.34. The van der Waals surface area contributed by atoms with E-state index in [9.17, 15) is 27.2 Å². The second-order valence-electron chi connectivity index (χ2n) is 8.01. The van der Waals surface area contributed by atoms with Gasteiger partial charge < -0.3 is 14.8 Å². The fourth-order valence-corrected chi connectivity index (χ4v) is 4.81. The minimum atomic E-state index is -4.21. The van der Waals surface area contributed by atoms with Crippen molar-refractivity contribution < 1.29 is 36.7 Å². The van der Waals surface area contributed by atoms with E-state index in [1.54, 1.807) is 25.1 Å². The maximum absolute atomic E-state index is 14.4. The molecule has 0 aliphatic carbocycles. The first-order valence-corrected chi connectivity index (χ1v) is 12.4. The van der Waals surface area contributed by atoms with Crippen molar-refractivity contribution in [1.29, 1.82) is 0 Å². The average Bonchev–Trinajstić information content (AvgIpc) is 2.88. The number of benzene rings is 3. The molecule has 3 aromatic carbocycles. The molecule has 0 saturated carbocycles. The standard InChI is InChI=1S/C26H25FN2O7S/c1-17-8-10-22(11-9-17)37(33,34)29(15-18-6-4-5-7-23(18)27)16-24(30)28-21-13-19(25(31)35-2)12-20(14-21)26(32)36-3/h4-14H,15-16H2,1-3H3,(H,28,30). The molecule has 194 valence electrons. The second kappa shape index (κ2) is 11.8. The number of anilines is 1. The van der Waals surface area contributed by atoms with Crippen LogP contribution in [0.1, 0.15) is 31.8 Å². The molecule has 0 unspecified atom stereocenters. The van der Waals surface area contributed by atoms with Crippen molar-refractivity contribution in [3.05, 3.63) is 94.8 Å². The smallest absolute Gasteiger partial charge is 0.337 e. The lowest BCUT2D eigenvalue weighted by molar-refractivity contribution is -0.116. The van der Waals surface area contributed by atoms with Crippen LogP contribution in [-0.2, 0) is 30.8 Å². The van der Waals surface area contributed by atoms with Gasteiger partial charge in [-0.15, -0.1) is 0 Å². The summed E-state index contributed by atoms with van der Waals surface area (Å²) in [4.78, 5) is 37.0. The molecule has 0 atom stereocenters. The van der Waals surface area contributed by atoms with E-state index in [0.29, 0.717) is 0 Å². The van der Waals surface area contributed by atoms with Gasteiger partial charge in [0, 0.05) is 17.8 Å². The summed E-state index contributed by atoms with van der Waals surface area (Å²) in [7, 11) is -1.90. The van der Waals surface area contributed by atoms with E-state index in [1.807, 2.05) is 0 Å². The Morgan fingerprint density at radius 3 is 2.00 bits per heavy atom. The lowest BCUT2D eigenvalue weighted by Gasteiger charge is -2.22. The van der Waals surface area contributed by atoms with E-state index in [0.717, 1.165) is 24.1 Å². The number of hydrogen-bond acceptors (Lipinski definition) is 7. The van der Waals surface area contributed by atoms with Gasteiger partial charge in [0.05, 0.1) is 36.8 Å². The van der Waals surface area contributed by atoms with Crippen molar-refractivity contribution in [2.75, 3.05) is 26.1 Å². The first-order valence-electron chi connectivity index (χ1n) is 11.0. The Labute approximate surface area is 213 Å². The fourth-order valence-electron chi connectivity index (χ4n) is 3.43. The van der Waals surface area contributed by atoms with Gasteiger partial charge in [-0.05, 0) is 43.3 Å². The van der Waals surface area contributed by atoms with Crippen molar-refractivity contribution in [3.63, 3.8) is 0 Å². The molecule has 0 aliphatic heterocycles. The summed E-state index contributed by atoms with van der Waals surface area (Å²) in [5.74, 6) is -2.93. The molecule has 1 N–H and O–H groups in total. The van der Waals surface area contributed by atoms with Gasteiger partial charge in [-0.3, -0.25) is 4.79 Å². The Balaban J connectivity index is 1.94. The molecule has 9 nitrogen and oxygen atoms in total. The number of nitrogens with zero attached hydrogens (tertiary/aromatic N) is 1. The number of halogens is 1. The quantitative estimate of drug-likeness (QED) is 0.422. The van der Waals surface area contributed by atoms with Gasteiger partial charge >= 0.3 is 11.9 Å². The topological polar surface area (TPSA) is 119 Å². The number of ether oxygens (including phenoxy) is 2. The van der Waals surface area contributed by atoms with Crippen molar-refractivity contribution in [3.8, 4) is 0 Å². The molecular weight excluding hydrogens is 503 g/mol. The van der Waals surface area contributed by atoms with Gasteiger partial charge in [0.1, 0.15) is 5.82 Å². The molecule has 11 heteroatoms. The second-order valence-corrected chi connectivity index (χ2v) is 9.95. The molecule has 1 amide bonds. The highest BCUT2D eigenvalue weighted by molar-refractivity contribution is 7.89. The number of sulfonamides is 1. The van der Waals surface area contributed by atoms with E-state index >= 15 is 0 Å². The SMILES string of the molecule is COC(=O)c1cc(NC(=O)CN(Cc2ccccc2F)S(=O)(=O)c2ccc(C)cc2)cc(C(=O)OC)c1. The van der Waals surface area contributed by atoms with Crippen molar-refractivity contribution in [1.82, 2.24) is 4.31 Å². The molecule has 37 heavy (non-hydrogen) atoms. The zero-order valence-electron chi connectivity index (χ0n) is 20.4. The van der Waals surface area contributed by atoms with Gasteiger partial charge in [-0.25, -0.2) is 22.4 Å². The van der Waals surface area contributed by atoms with Crippen LogP contribution in [0.15, 0.2) is 71.6 Å². The molecule has 0 aliphatic rings. The third kappa shape index (κ3) is 6.78. The van der Waals surface area contributed by atoms with Crippen molar-refractivity contribution in [2.45, 2.75) is 18.4 Å². The first-order chi connectivity index (χ1) is 17.5. The van der Waals surface area contributed by atoms with E-state index < -0.39 is 46.8 Å². The van der Waals surface area contributed by atoms with Crippen molar-refractivity contribution >= 4 is 33.6 Å². The maximum atomic E-state index is 14.4. The Hall–Kier alpha value is -4.09. The maximum Gasteiger partial charge on any atom is 0.337 e. The predicted molar refractivity (Wildman–Crippen MR) is 133 cm³/mol. The van der Waals surface area contributed by atoms with Gasteiger partial charge in [0.25, 0.3) is 0 Å². The van der Waals surface area contributed by atoms with E-state index in [4.69, 9.17) is 0 Å². The van der Waals surface area contributed by atoms with Crippen molar-refractivity contribution in [2.24, 2.45) is 0 Å². The molecule has 0 aromatic heterocycles. The highest BCUT2D eigenvalue weighted by Gasteiger charge is 2.28. The Morgan fingerprint density at radius 2 is 1.46 bits per heavy atom. The Bertz CT molecular complexity index is 1390. The van der Waals surface area contributed by atoms with E-state index in [1.165, 1.54) is 48.5 Å². The molecule has 0 heterocycles. The molecule has 3 rings (SSSR count). The molecular formula is C26H25FN2O7S. The number of amides is 1. The molecule has 0 spiro atoms. The largest absolute Gasteiger partial charge is 0.465 e. The van der Waals surface area contributed by atoms with Crippen LogP contribution in [0.5, 0.6) is 0 Å². The number of methoxy groups -OCH3 is 2. The van der Waals surface area contributed by atoms with Gasteiger partial charge in [0.2, 0.25) is 15.9 Å². The Kier molecular flexibility index (Phi) is 8.74. The zero-order chi connectivity index (χ0) is 27.2. The molecule has 0 radical (unpaired) electrons. The van der Waals surface area contributed by atoms with Crippen LogP contribution in [0, 0.1) is 12.7 Å². The van der Waals surface area contributed by atoms with E-state index in [2.05, 4.69) is 14.8 Å². The fraction of sp³-hybridized carbons (Fsp3) is 0.192. The molecule has 0 fully saturated rings. The number of carbonyl (C=O) groups excluding carboxylic acids is 3. The summed E-state index contributed by atoms with van der Waals surface area (Å²) in [6, 6.07) is 15.4. The lowest BCUT2D eigenvalue weighted by Crippen LogP contribution is -2.37. The third-order valence-corrected chi connectivity index (χ3v) is 7.15. The summed E-state index contributed by atoms with van der Waals surface area (Å²) in [6.45, 7) is 0.707. The van der Waals surface area contributed by atoms with Crippen LogP contribution >= 0.6 is 0 Å². The minimum Gasteiger partial charge on any atom is -0.465 e. The van der Waals surface area contributed by atoms with Crippen LogP contribution in [-0.4, -0.2) is 51.3 Å². The highest BCUT2D eigenvalue weighted by Crippen LogP contribution is 2.22. The summed E-state index contributed by atoms with van der Waals surface area (Å²) in [5, 5.41) is 2.49. The lowest BCUT2D eigenvalue weighted by atomic mass is 10.1. The summed E-state index contributed by atoms with van der Waals surface area (Å²) in [5.41, 5.74) is 0.884. The van der Waals surface area contributed by atoms with Crippen LogP contribution in [0.3, 0.4) is 0 Å². The Morgan fingerprint density at radius 1 is 0.892 bits per heavy atom. The number of rotatable bonds is 9. The summed E-state index contributed by atoms with van der Waals surface area (Å²) < 4.78 is 51.4. The molecule has 0 saturated heterocycles. The number of nitrogens with one attached hydrogen (secondary N) is 1. The predicted octanol–water partition coefficient (Wildman–Crippen LogP) is 3.54. The number of esters is 2. The van der Waals surface area contributed by atoms with Crippen LogP contribution in [0.25, 0.3) is 0 Å². The van der Waals surface area contributed by atoms with Gasteiger partial charge in [-0.1, -0.05) is 35.9 Å². The molecule has 3 aromatic rings. The summed E-state index contributed by atoms with van der Waals surface area (Å²) in [6.07, 6.45) is 0. The number of hydrogen-bond donors (Lipinski definition) is 1. The first kappa shape index (κ1) is 27.5. The number of aryl methyl sites for hydroxylation is 1. The molecule has 0 bridgehead atoms. The van der Waals surface area contributed by atoms with Gasteiger partial charge in [-0.2, -0.15) is 4.31 Å². The minimum absolute atomic E-state index is 0.0313. The van der Waals surface area contributed by atoms with E-state index in [-0.39, 0.29) is 27.3 Å². The monoisotopic (exact) mass is 528 g/mol. The van der Waals surface area contributed by atoms with Gasteiger partial charge in [0.15, 0.2) is 0 Å². The normalized spacial score (nSPS) is 11.2. The van der Waals surface area contributed by atoms with Crippen LogP contribution < -0.4 is 5.32 Å². The summed E-state index contributed by atoms with van der Waals surface area (Å²) >= 11 is 0. The van der Waals surface area contributed by atoms with Crippen LogP contribution in [0.4, 0.5) is 10.1 Å². The highest BCUT2D eigenvalue weighted by atomic mass is 32.2. The zero-order valence-corrected chi connectivity index (χ0v) is 21.2. The average molecular weight is 529 g/mol. The van der Waals surface area contributed by atoms with Crippen LogP contribution in [0.2, 0.25) is 0 Å².